The van der Waals surface area contributed by atoms with Gasteiger partial charge in [0.15, 0.2) is 5.54 Å². The molecule has 0 spiro atoms. The van der Waals surface area contributed by atoms with Gasteiger partial charge in [0.05, 0.1) is 6.54 Å². The third kappa shape index (κ3) is 4.00. The SMILES string of the molecule is CC(C)(C)OC(=O)N1CC(NC(=O)OCC2c3ccccc3-c3ccccc32)(C(=O)O)C2CC1C2. The van der Waals surface area contributed by atoms with E-state index in [0.29, 0.717) is 12.8 Å². The minimum absolute atomic E-state index is 0.0772. The van der Waals surface area contributed by atoms with Crippen LogP contribution in [0, 0.1) is 5.92 Å². The first-order chi connectivity index (χ1) is 16.6. The number of nitrogens with zero attached hydrogens (tertiary/aromatic N) is 1. The van der Waals surface area contributed by atoms with E-state index in [4.69, 9.17) is 9.47 Å². The Morgan fingerprint density at radius 2 is 1.60 bits per heavy atom. The number of alkyl carbamates (subject to hydrolysis) is 1. The number of carboxylic acids is 1. The zero-order chi connectivity index (χ0) is 25.0. The molecular formula is C27H30N2O6. The summed E-state index contributed by atoms with van der Waals surface area (Å²) in [6.07, 6.45) is -0.380. The molecule has 35 heavy (non-hydrogen) atoms. The van der Waals surface area contributed by atoms with Gasteiger partial charge in [-0.25, -0.2) is 14.4 Å². The minimum atomic E-state index is -1.62. The van der Waals surface area contributed by atoms with Gasteiger partial charge >= 0.3 is 18.2 Å². The average Bonchev–Trinajstić information content (AvgIpc) is 3.09. The molecule has 2 amide bonds. The maximum absolute atomic E-state index is 12.9. The Balaban J connectivity index is 1.31. The van der Waals surface area contributed by atoms with Crippen molar-refractivity contribution in [2.75, 3.05) is 13.2 Å². The van der Waals surface area contributed by atoms with E-state index in [1.54, 1.807) is 20.8 Å². The number of carboxylic acid groups (broad SMARTS) is 1. The third-order valence-electron chi connectivity index (χ3n) is 7.35. The van der Waals surface area contributed by atoms with E-state index in [9.17, 15) is 19.5 Å². The lowest BCUT2D eigenvalue weighted by molar-refractivity contribution is -0.159. The lowest BCUT2D eigenvalue weighted by Crippen LogP contribution is -2.75. The first-order valence-corrected chi connectivity index (χ1v) is 12.0. The summed E-state index contributed by atoms with van der Waals surface area (Å²) in [6, 6.07) is 15.9. The fourth-order valence-corrected chi connectivity index (χ4v) is 5.56. The number of piperidine rings is 2. The largest absolute Gasteiger partial charge is 0.479 e. The monoisotopic (exact) mass is 478 g/mol. The van der Waals surface area contributed by atoms with Crippen LogP contribution in [0.25, 0.3) is 11.1 Å². The number of carbonyl (C=O) groups is 3. The van der Waals surface area contributed by atoms with Crippen LogP contribution in [-0.2, 0) is 14.3 Å². The van der Waals surface area contributed by atoms with Gasteiger partial charge in [0.2, 0.25) is 0 Å². The Kier molecular flexibility index (Phi) is 5.49. The van der Waals surface area contributed by atoms with Crippen LogP contribution in [0.2, 0.25) is 0 Å². The van der Waals surface area contributed by atoms with Crippen molar-refractivity contribution in [3.05, 3.63) is 59.7 Å². The van der Waals surface area contributed by atoms with E-state index in [1.807, 2.05) is 48.5 Å². The lowest BCUT2D eigenvalue weighted by atomic mass is 9.63. The summed E-state index contributed by atoms with van der Waals surface area (Å²) in [5, 5.41) is 12.8. The molecule has 2 aliphatic heterocycles. The number of hydrogen-bond donors (Lipinski definition) is 2. The third-order valence-corrected chi connectivity index (χ3v) is 7.35. The number of carbonyl (C=O) groups excluding carboxylic acids is 2. The maximum atomic E-state index is 12.9. The van der Waals surface area contributed by atoms with Crippen LogP contribution in [0.1, 0.15) is 50.7 Å². The second-order valence-electron chi connectivity index (χ2n) is 10.7. The Labute approximate surface area is 204 Å². The first kappa shape index (κ1) is 23.2. The molecule has 0 aromatic heterocycles. The molecule has 4 aliphatic rings. The summed E-state index contributed by atoms with van der Waals surface area (Å²) in [7, 11) is 0. The van der Waals surface area contributed by atoms with Crippen molar-refractivity contribution in [1.29, 1.82) is 0 Å². The van der Waals surface area contributed by atoms with Crippen LogP contribution in [-0.4, -0.2) is 58.5 Å². The van der Waals surface area contributed by atoms with Crippen molar-refractivity contribution in [3.8, 4) is 11.1 Å². The Morgan fingerprint density at radius 1 is 1.03 bits per heavy atom. The van der Waals surface area contributed by atoms with Crippen LogP contribution in [0.5, 0.6) is 0 Å². The molecule has 8 heteroatoms. The van der Waals surface area contributed by atoms with E-state index in [2.05, 4.69) is 5.32 Å². The van der Waals surface area contributed by atoms with Crippen LogP contribution in [0.15, 0.2) is 48.5 Å². The van der Waals surface area contributed by atoms with Gasteiger partial charge in [-0.1, -0.05) is 48.5 Å². The number of aliphatic carboxylic acids is 1. The van der Waals surface area contributed by atoms with E-state index < -0.39 is 29.3 Å². The van der Waals surface area contributed by atoms with Gasteiger partial charge in [0, 0.05) is 12.0 Å². The van der Waals surface area contributed by atoms with E-state index >= 15 is 0 Å². The minimum Gasteiger partial charge on any atom is -0.479 e. The van der Waals surface area contributed by atoms with E-state index in [1.165, 1.54) is 4.90 Å². The normalized spacial score (nSPS) is 24.6. The number of benzene rings is 2. The summed E-state index contributed by atoms with van der Waals surface area (Å²) < 4.78 is 11.1. The predicted molar refractivity (Wildman–Crippen MR) is 128 cm³/mol. The highest BCUT2D eigenvalue weighted by molar-refractivity contribution is 5.87. The van der Waals surface area contributed by atoms with Gasteiger partial charge in [-0.05, 0) is 61.8 Å². The number of fused-ring (bicyclic) bond motifs is 5. The highest BCUT2D eigenvalue weighted by Crippen LogP contribution is 2.47. The number of rotatable bonds is 4. The number of amides is 2. The molecule has 0 radical (unpaired) electrons. The van der Waals surface area contributed by atoms with Crippen molar-refractivity contribution in [3.63, 3.8) is 0 Å². The van der Waals surface area contributed by atoms with Crippen molar-refractivity contribution >= 4 is 18.2 Å². The van der Waals surface area contributed by atoms with Gasteiger partial charge in [-0.15, -0.1) is 0 Å². The topological polar surface area (TPSA) is 105 Å². The fourth-order valence-electron chi connectivity index (χ4n) is 5.56. The molecule has 2 bridgehead atoms. The van der Waals surface area contributed by atoms with Crippen LogP contribution in [0.3, 0.4) is 0 Å². The highest BCUT2D eigenvalue weighted by Gasteiger charge is 2.61. The second kappa shape index (κ2) is 8.29. The molecule has 2 aliphatic carbocycles. The van der Waals surface area contributed by atoms with Crippen molar-refractivity contribution < 1.29 is 29.0 Å². The zero-order valence-electron chi connectivity index (χ0n) is 20.1. The van der Waals surface area contributed by atoms with Crippen molar-refractivity contribution in [1.82, 2.24) is 10.2 Å². The second-order valence-corrected chi connectivity index (χ2v) is 10.7. The molecular weight excluding hydrogens is 448 g/mol. The van der Waals surface area contributed by atoms with Gasteiger partial charge in [0.25, 0.3) is 0 Å². The first-order valence-electron chi connectivity index (χ1n) is 12.0. The Bertz CT molecular complexity index is 1140. The zero-order valence-corrected chi connectivity index (χ0v) is 20.1. The van der Waals surface area contributed by atoms with Gasteiger partial charge in [0.1, 0.15) is 12.2 Å². The lowest BCUT2D eigenvalue weighted by Gasteiger charge is -2.57. The maximum Gasteiger partial charge on any atom is 0.410 e. The summed E-state index contributed by atoms with van der Waals surface area (Å²) in [5.74, 6) is -1.58. The summed E-state index contributed by atoms with van der Waals surface area (Å²) in [5.41, 5.74) is 2.05. The predicted octanol–water partition coefficient (Wildman–Crippen LogP) is 4.38. The van der Waals surface area contributed by atoms with Crippen LogP contribution >= 0.6 is 0 Å². The molecule has 2 saturated heterocycles. The smallest absolute Gasteiger partial charge is 0.410 e. The number of hydrogen-bond acceptors (Lipinski definition) is 5. The Hall–Kier alpha value is -3.55. The molecule has 2 N–H and O–H groups in total. The average molecular weight is 479 g/mol. The summed E-state index contributed by atoms with van der Waals surface area (Å²) in [6.45, 7) is 5.21. The molecule has 2 heterocycles. The molecule has 1 saturated carbocycles. The van der Waals surface area contributed by atoms with Gasteiger partial charge < -0.3 is 24.8 Å². The molecule has 8 nitrogen and oxygen atoms in total. The molecule has 6 rings (SSSR count). The quantitative estimate of drug-likeness (QED) is 0.676. The molecule has 184 valence electrons. The van der Waals surface area contributed by atoms with E-state index in [0.717, 1.165) is 22.3 Å². The van der Waals surface area contributed by atoms with Gasteiger partial charge in [-0.2, -0.15) is 0 Å². The van der Waals surface area contributed by atoms with Crippen LogP contribution < -0.4 is 5.32 Å². The summed E-state index contributed by atoms with van der Waals surface area (Å²) >= 11 is 0. The van der Waals surface area contributed by atoms with Crippen molar-refractivity contribution in [2.24, 2.45) is 5.92 Å². The van der Waals surface area contributed by atoms with Crippen LogP contribution in [0.4, 0.5) is 9.59 Å². The molecule has 3 fully saturated rings. The highest BCUT2D eigenvalue weighted by atomic mass is 16.6. The molecule has 1 atom stereocenters. The van der Waals surface area contributed by atoms with E-state index in [-0.39, 0.29) is 31.0 Å². The standard InChI is InChI=1S/C27H30N2O6/c1-26(2,3)35-25(33)29-15-27(23(30)31,16-12-17(29)13-16)28-24(32)34-14-22-20-10-6-4-8-18(20)19-9-5-7-11-21(19)22/h4-11,16-17,22H,12-15H2,1-3H3,(H,28,32)(H,30,31). The van der Waals surface area contributed by atoms with Crippen molar-refractivity contribution in [2.45, 2.75) is 56.7 Å². The number of nitrogens with one attached hydrogen (secondary N) is 1. The molecule has 2 aromatic carbocycles. The van der Waals surface area contributed by atoms with Gasteiger partial charge in [-0.3, -0.25) is 0 Å². The molecule has 2 aromatic rings. The molecule has 1 unspecified atom stereocenters. The Morgan fingerprint density at radius 3 is 2.14 bits per heavy atom. The fraction of sp³-hybridized carbons (Fsp3) is 0.444. The summed E-state index contributed by atoms with van der Waals surface area (Å²) in [4.78, 5) is 39.6. The number of ether oxygens (including phenoxy) is 2.